The largest absolute Gasteiger partial charge is 0.497 e. The number of carbonyl (C=O) groups excluding carboxylic acids is 1. The maximum Gasteiger partial charge on any atom is 0.302 e. The molecule has 1 aromatic carbocycles. The third-order valence-corrected chi connectivity index (χ3v) is 9.42. The second kappa shape index (κ2) is 7.34. The van der Waals surface area contributed by atoms with Crippen LogP contribution in [0.25, 0.3) is 0 Å². The summed E-state index contributed by atoms with van der Waals surface area (Å²) in [4.78, 5) is 11.6. The monoisotopic (exact) mass is 410 g/mol. The van der Waals surface area contributed by atoms with Gasteiger partial charge in [-0.1, -0.05) is 26.0 Å². The molecule has 2 saturated carbocycles. The number of methoxy groups -OCH3 is 1. The van der Waals surface area contributed by atoms with Crippen LogP contribution in [0.2, 0.25) is 0 Å². The van der Waals surface area contributed by atoms with E-state index in [1.165, 1.54) is 6.92 Å². The molecule has 7 heteroatoms. The maximum absolute atomic E-state index is 13.5. The molecule has 156 valence electrons. The predicted molar refractivity (Wildman–Crippen MR) is 106 cm³/mol. The van der Waals surface area contributed by atoms with E-state index in [0.717, 1.165) is 0 Å². The lowest BCUT2D eigenvalue weighted by Crippen LogP contribution is -2.59. The third-order valence-electron chi connectivity index (χ3n) is 7.08. The number of hydrogen-bond donors (Lipinski definition) is 1. The van der Waals surface area contributed by atoms with Gasteiger partial charge in [0.2, 0.25) is 0 Å². The van der Waals surface area contributed by atoms with Crippen molar-refractivity contribution in [3.63, 3.8) is 0 Å². The van der Waals surface area contributed by atoms with Crippen molar-refractivity contribution in [2.24, 2.45) is 10.8 Å². The summed E-state index contributed by atoms with van der Waals surface area (Å²) in [5, 5.41) is 9.87. The highest BCUT2D eigenvalue weighted by Crippen LogP contribution is 2.63. The van der Waals surface area contributed by atoms with E-state index in [2.05, 4.69) is 0 Å². The van der Waals surface area contributed by atoms with Crippen LogP contribution < -0.4 is 4.74 Å². The van der Waals surface area contributed by atoms with Crippen molar-refractivity contribution in [1.29, 1.82) is 0 Å². The van der Waals surface area contributed by atoms with Crippen LogP contribution in [-0.2, 0) is 25.1 Å². The van der Waals surface area contributed by atoms with Gasteiger partial charge in [-0.05, 0) is 48.8 Å². The molecule has 0 heterocycles. The fraction of sp³-hybridized carbons (Fsp3) is 0.667. The fourth-order valence-electron chi connectivity index (χ4n) is 5.45. The number of aliphatic hydroxyl groups is 1. The minimum atomic E-state index is -3.66. The summed E-state index contributed by atoms with van der Waals surface area (Å²) < 4.78 is 37.7. The summed E-state index contributed by atoms with van der Waals surface area (Å²) in [6.45, 7) is 5.33. The number of hydrogen-bond acceptors (Lipinski definition) is 6. The molecule has 0 aromatic heterocycles. The van der Waals surface area contributed by atoms with Crippen molar-refractivity contribution < 1.29 is 27.8 Å². The number of esters is 1. The smallest absolute Gasteiger partial charge is 0.302 e. The molecule has 2 fully saturated rings. The van der Waals surface area contributed by atoms with Crippen LogP contribution in [0.15, 0.2) is 24.3 Å². The van der Waals surface area contributed by atoms with Crippen molar-refractivity contribution in [2.45, 2.75) is 69.7 Å². The summed E-state index contributed by atoms with van der Waals surface area (Å²) >= 11 is 0. The zero-order valence-corrected chi connectivity index (χ0v) is 17.8. The predicted octanol–water partition coefficient (Wildman–Crippen LogP) is 2.87. The molecule has 0 aliphatic heterocycles. The molecule has 2 aliphatic rings. The van der Waals surface area contributed by atoms with Gasteiger partial charge in [-0.25, -0.2) is 8.42 Å². The lowest BCUT2D eigenvalue weighted by molar-refractivity contribution is -0.157. The van der Waals surface area contributed by atoms with Crippen LogP contribution in [0.4, 0.5) is 0 Å². The number of benzene rings is 1. The van der Waals surface area contributed by atoms with E-state index in [1.807, 2.05) is 13.8 Å². The van der Waals surface area contributed by atoms with Crippen molar-refractivity contribution in [2.75, 3.05) is 7.11 Å². The molecule has 0 radical (unpaired) electrons. The van der Waals surface area contributed by atoms with Gasteiger partial charge < -0.3 is 14.6 Å². The van der Waals surface area contributed by atoms with Crippen molar-refractivity contribution in [1.82, 2.24) is 0 Å². The molecule has 0 bridgehead atoms. The summed E-state index contributed by atoms with van der Waals surface area (Å²) in [5.74, 6) is 0.0941. The number of carbonyl (C=O) groups is 1. The first-order valence-corrected chi connectivity index (χ1v) is 11.4. The molecule has 1 aromatic rings. The Balaban J connectivity index is 1.95. The van der Waals surface area contributed by atoms with Gasteiger partial charge in [0.25, 0.3) is 0 Å². The fourth-order valence-corrected chi connectivity index (χ4v) is 8.07. The van der Waals surface area contributed by atoms with Crippen molar-refractivity contribution in [3.05, 3.63) is 29.8 Å². The first-order chi connectivity index (χ1) is 13.0. The number of sulfone groups is 1. The molecular weight excluding hydrogens is 380 g/mol. The van der Waals surface area contributed by atoms with Crippen LogP contribution in [0.1, 0.15) is 52.0 Å². The highest BCUT2D eigenvalue weighted by atomic mass is 32.2. The van der Waals surface area contributed by atoms with E-state index in [-0.39, 0.29) is 17.8 Å². The Kier molecular flexibility index (Phi) is 5.53. The van der Waals surface area contributed by atoms with E-state index in [1.54, 1.807) is 31.4 Å². The molecule has 0 spiro atoms. The molecule has 5 unspecified atom stereocenters. The Labute approximate surface area is 167 Å². The molecule has 2 aliphatic carbocycles. The zero-order chi connectivity index (χ0) is 20.7. The average Bonchev–Trinajstić information content (AvgIpc) is 2.85. The summed E-state index contributed by atoms with van der Waals surface area (Å²) in [6.07, 6.45) is 0.978. The van der Waals surface area contributed by atoms with Gasteiger partial charge in [0, 0.05) is 12.3 Å². The molecule has 1 N–H and O–H groups in total. The summed E-state index contributed by atoms with van der Waals surface area (Å²) in [7, 11) is -2.12. The first-order valence-electron chi connectivity index (χ1n) is 9.73. The Bertz CT molecular complexity index is 850. The van der Waals surface area contributed by atoms with Gasteiger partial charge >= 0.3 is 5.97 Å². The van der Waals surface area contributed by atoms with E-state index in [9.17, 15) is 18.3 Å². The average molecular weight is 411 g/mol. The van der Waals surface area contributed by atoms with E-state index >= 15 is 0 Å². The molecule has 0 amide bonds. The molecule has 3 rings (SSSR count). The van der Waals surface area contributed by atoms with Crippen molar-refractivity contribution >= 4 is 15.8 Å². The van der Waals surface area contributed by atoms with Crippen LogP contribution >= 0.6 is 0 Å². The quantitative estimate of drug-likeness (QED) is 0.751. The number of rotatable bonds is 5. The van der Waals surface area contributed by atoms with Crippen LogP contribution in [0, 0.1) is 10.8 Å². The van der Waals surface area contributed by atoms with E-state index in [0.29, 0.717) is 37.0 Å². The second-order valence-corrected chi connectivity index (χ2v) is 10.8. The minimum Gasteiger partial charge on any atom is -0.497 e. The van der Waals surface area contributed by atoms with Gasteiger partial charge in [0.05, 0.1) is 24.2 Å². The van der Waals surface area contributed by atoms with Crippen LogP contribution in [0.5, 0.6) is 5.75 Å². The Hall–Kier alpha value is -1.60. The summed E-state index contributed by atoms with van der Waals surface area (Å²) in [5.41, 5.74) is -0.510. The van der Waals surface area contributed by atoms with Gasteiger partial charge in [-0.15, -0.1) is 0 Å². The van der Waals surface area contributed by atoms with Crippen molar-refractivity contribution in [3.8, 4) is 5.75 Å². The Morgan fingerprint density at radius 1 is 1.21 bits per heavy atom. The molecule has 5 atom stereocenters. The van der Waals surface area contributed by atoms with Gasteiger partial charge in [-0.3, -0.25) is 4.79 Å². The van der Waals surface area contributed by atoms with Crippen LogP contribution in [-0.4, -0.2) is 44.1 Å². The van der Waals surface area contributed by atoms with Gasteiger partial charge in [0.15, 0.2) is 9.84 Å². The van der Waals surface area contributed by atoms with Gasteiger partial charge in [0.1, 0.15) is 11.9 Å². The Morgan fingerprint density at radius 3 is 2.54 bits per heavy atom. The minimum absolute atomic E-state index is 0.157. The van der Waals surface area contributed by atoms with E-state index < -0.39 is 32.0 Å². The highest BCUT2D eigenvalue weighted by molar-refractivity contribution is 7.91. The first kappa shape index (κ1) is 21.1. The van der Waals surface area contributed by atoms with Crippen LogP contribution in [0.3, 0.4) is 0 Å². The highest BCUT2D eigenvalue weighted by Gasteiger charge is 2.65. The molecular formula is C21H30O6S. The molecule has 0 saturated heterocycles. The summed E-state index contributed by atoms with van der Waals surface area (Å²) in [6, 6.07) is 7.00. The topological polar surface area (TPSA) is 89.9 Å². The third kappa shape index (κ3) is 3.43. The molecule has 6 nitrogen and oxygen atoms in total. The normalized spacial score (nSPS) is 35.2. The second-order valence-electron chi connectivity index (χ2n) is 8.66. The number of fused-ring (bicyclic) bond motifs is 1. The lowest BCUT2D eigenvalue weighted by Gasteiger charge is -2.53. The number of ether oxygens (including phenoxy) is 2. The standard InChI is InChI=1S/C21H30O6S/c1-14(22)27-18-9-11-21(3)19(17(23)8-10-20(18,21)2)28(24,25)13-15-6-5-7-16(12-15)26-4/h5-7,12,17-19,23H,8-11,13H2,1-4H3. The maximum atomic E-state index is 13.5. The number of aliphatic hydroxyl groups excluding tert-OH is 1. The SMILES string of the molecule is COc1cccc(CS(=O)(=O)C2C(O)CCC3(C)C(OC(C)=O)CCC23C)c1. The molecule has 28 heavy (non-hydrogen) atoms. The van der Waals surface area contributed by atoms with E-state index in [4.69, 9.17) is 9.47 Å². The Morgan fingerprint density at radius 2 is 1.89 bits per heavy atom. The zero-order valence-electron chi connectivity index (χ0n) is 17.0. The lowest BCUT2D eigenvalue weighted by atomic mass is 9.58. The van der Waals surface area contributed by atoms with Gasteiger partial charge in [-0.2, -0.15) is 0 Å².